The largest absolute Gasteiger partial charge is 0.491 e. The minimum Gasteiger partial charge on any atom is -0.491 e. The van der Waals surface area contributed by atoms with Crippen LogP contribution in [0.15, 0.2) is 66.7 Å². The van der Waals surface area contributed by atoms with Crippen LogP contribution < -0.4 is 10.1 Å². The average Bonchev–Trinajstić information content (AvgIpc) is 3.16. The van der Waals surface area contributed by atoms with Crippen LogP contribution in [-0.4, -0.2) is 34.1 Å². The van der Waals surface area contributed by atoms with E-state index in [2.05, 4.69) is 50.4 Å². The van der Waals surface area contributed by atoms with E-state index < -0.39 is 5.97 Å². The van der Waals surface area contributed by atoms with Crippen molar-refractivity contribution < 1.29 is 19.4 Å². The van der Waals surface area contributed by atoms with Gasteiger partial charge in [-0.15, -0.1) is 0 Å². The average molecular weight is 499 g/mol. The highest BCUT2D eigenvalue weighted by Crippen LogP contribution is 2.37. The van der Waals surface area contributed by atoms with Crippen molar-refractivity contribution in [2.45, 2.75) is 53.1 Å². The third kappa shape index (κ3) is 5.53. The van der Waals surface area contributed by atoms with Gasteiger partial charge in [0.15, 0.2) is 5.69 Å². The van der Waals surface area contributed by atoms with Crippen molar-refractivity contribution in [3.8, 4) is 22.6 Å². The van der Waals surface area contributed by atoms with Gasteiger partial charge in [0.2, 0.25) is 0 Å². The maximum atomic E-state index is 12.6. The van der Waals surface area contributed by atoms with E-state index in [1.54, 1.807) is 4.57 Å². The highest BCUT2D eigenvalue weighted by Gasteiger charge is 2.24. The summed E-state index contributed by atoms with van der Waals surface area (Å²) < 4.78 is 7.47. The van der Waals surface area contributed by atoms with E-state index >= 15 is 0 Å². The number of rotatable bonds is 8. The smallest absolute Gasteiger partial charge is 0.355 e. The molecule has 3 aromatic carbocycles. The quantitative estimate of drug-likeness (QED) is 0.271. The fourth-order valence-corrected chi connectivity index (χ4v) is 4.44. The molecule has 6 nitrogen and oxygen atoms in total. The Kier molecular flexibility index (Phi) is 7.12. The maximum absolute atomic E-state index is 12.6. The molecule has 1 aromatic heterocycles. The summed E-state index contributed by atoms with van der Waals surface area (Å²) in [5.41, 5.74) is 5.22. The molecule has 2 N–H and O–H groups in total. The molecule has 192 valence electrons. The third-order valence-corrected chi connectivity index (χ3v) is 6.23. The Hall–Kier alpha value is -4.06. The summed E-state index contributed by atoms with van der Waals surface area (Å²) >= 11 is 0. The Morgan fingerprint density at radius 3 is 2.11 bits per heavy atom. The second kappa shape index (κ2) is 10.1. The van der Waals surface area contributed by atoms with Crippen molar-refractivity contribution in [3.63, 3.8) is 0 Å². The summed E-state index contributed by atoms with van der Waals surface area (Å²) in [6.07, 6.45) is 0.0334. The third-order valence-electron chi connectivity index (χ3n) is 6.23. The highest BCUT2D eigenvalue weighted by molar-refractivity contribution is 6.09. The van der Waals surface area contributed by atoms with Crippen LogP contribution in [-0.2, 0) is 10.2 Å². The Bertz CT molecular complexity index is 1440. The first-order valence-electron chi connectivity index (χ1n) is 12.5. The minimum atomic E-state index is -1.08. The predicted molar refractivity (Wildman–Crippen MR) is 149 cm³/mol. The fourth-order valence-electron chi connectivity index (χ4n) is 4.44. The van der Waals surface area contributed by atoms with Gasteiger partial charge in [0.25, 0.3) is 0 Å². The number of Topliss-reactive ketones (excluding diaryl/α,β-unsaturated/α-hetero) is 1. The van der Waals surface area contributed by atoms with Crippen molar-refractivity contribution in [2.24, 2.45) is 0 Å². The molecule has 1 heterocycles. The number of ether oxygens (including phenoxy) is 1. The molecule has 0 radical (unpaired) electrons. The lowest BCUT2D eigenvalue weighted by Gasteiger charge is -2.19. The Balaban J connectivity index is 1.90. The number of carbonyl (C=O) groups excluding carboxylic acids is 1. The number of anilines is 1. The van der Waals surface area contributed by atoms with E-state index in [9.17, 15) is 14.7 Å². The summed E-state index contributed by atoms with van der Waals surface area (Å²) in [5, 5.41) is 14.1. The zero-order chi connectivity index (χ0) is 26.9. The standard InChI is InChI=1S/C31H34N2O4/c1-19(2)37-25-14-12-24(13-15-25)33-27-16-9-22(21-7-10-23(11-8-21)31(4,5)6)17-26(27)28(29(33)30(35)36)32-18-20(3)34/h7-17,19,32H,18H2,1-6H3,(H,35,36). The summed E-state index contributed by atoms with van der Waals surface area (Å²) in [5.74, 6) is -0.454. The van der Waals surface area contributed by atoms with Gasteiger partial charge in [-0.1, -0.05) is 51.1 Å². The van der Waals surface area contributed by atoms with Crippen LogP contribution in [0.2, 0.25) is 0 Å². The number of aromatic carboxylic acids is 1. The number of hydrogen-bond donors (Lipinski definition) is 2. The maximum Gasteiger partial charge on any atom is 0.355 e. The van der Waals surface area contributed by atoms with Crippen molar-refractivity contribution in [3.05, 3.63) is 78.0 Å². The van der Waals surface area contributed by atoms with E-state index in [1.807, 2.05) is 56.3 Å². The van der Waals surface area contributed by atoms with Crippen molar-refractivity contribution in [2.75, 3.05) is 11.9 Å². The molecule has 0 fully saturated rings. The number of nitrogens with zero attached hydrogens (tertiary/aromatic N) is 1. The molecule has 0 aliphatic rings. The van der Waals surface area contributed by atoms with Gasteiger partial charge >= 0.3 is 5.97 Å². The lowest BCUT2D eigenvalue weighted by molar-refractivity contribution is -0.115. The topological polar surface area (TPSA) is 80.6 Å². The molecule has 0 spiro atoms. The Morgan fingerprint density at radius 1 is 0.946 bits per heavy atom. The second-order valence-electron chi connectivity index (χ2n) is 10.6. The molecule has 0 amide bonds. The number of aromatic nitrogens is 1. The second-order valence-corrected chi connectivity index (χ2v) is 10.6. The first kappa shape index (κ1) is 26.0. The first-order valence-corrected chi connectivity index (χ1v) is 12.5. The van der Waals surface area contributed by atoms with Gasteiger partial charge in [0, 0.05) is 11.1 Å². The molecule has 0 aliphatic heterocycles. The minimum absolute atomic E-state index is 0.0328. The van der Waals surface area contributed by atoms with Gasteiger partial charge in [0.05, 0.1) is 23.9 Å². The van der Waals surface area contributed by atoms with Crippen molar-refractivity contribution in [1.82, 2.24) is 4.57 Å². The Labute approximate surface area is 217 Å². The number of carboxylic acid groups (broad SMARTS) is 1. The number of carbonyl (C=O) groups is 2. The van der Waals surface area contributed by atoms with Crippen LogP contribution >= 0.6 is 0 Å². The van der Waals surface area contributed by atoms with Crippen molar-refractivity contribution >= 4 is 28.3 Å². The van der Waals surface area contributed by atoms with E-state index in [0.29, 0.717) is 17.1 Å². The number of nitrogens with one attached hydrogen (secondary N) is 1. The Morgan fingerprint density at radius 2 is 1.57 bits per heavy atom. The lowest BCUT2D eigenvalue weighted by Crippen LogP contribution is -2.14. The molecule has 0 aliphatic carbocycles. The first-order chi connectivity index (χ1) is 17.5. The SMILES string of the molecule is CC(=O)CNc1c(C(=O)O)n(-c2ccc(OC(C)C)cc2)c2ccc(-c3ccc(C(C)(C)C)cc3)cc12. The van der Waals surface area contributed by atoms with Gasteiger partial charge in [0.1, 0.15) is 11.5 Å². The van der Waals surface area contributed by atoms with Crippen LogP contribution in [0, 0.1) is 0 Å². The van der Waals surface area contributed by atoms with E-state index in [4.69, 9.17) is 4.74 Å². The van der Waals surface area contributed by atoms with Crippen molar-refractivity contribution in [1.29, 1.82) is 0 Å². The lowest BCUT2D eigenvalue weighted by atomic mass is 9.86. The zero-order valence-corrected chi connectivity index (χ0v) is 22.3. The molecule has 0 saturated heterocycles. The van der Waals surface area contributed by atoms with Gasteiger partial charge in [-0.2, -0.15) is 0 Å². The van der Waals surface area contributed by atoms with E-state index in [-0.39, 0.29) is 29.5 Å². The molecule has 0 unspecified atom stereocenters. The van der Waals surface area contributed by atoms with E-state index in [0.717, 1.165) is 22.0 Å². The van der Waals surface area contributed by atoms with Crippen LogP contribution in [0.25, 0.3) is 27.7 Å². The number of benzene rings is 3. The molecular weight excluding hydrogens is 464 g/mol. The summed E-state index contributed by atoms with van der Waals surface area (Å²) in [4.78, 5) is 24.4. The number of fused-ring (bicyclic) bond motifs is 1. The monoisotopic (exact) mass is 498 g/mol. The van der Waals surface area contributed by atoms with Crippen LogP contribution in [0.1, 0.15) is 57.6 Å². The van der Waals surface area contributed by atoms with Crippen LogP contribution in [0.5, 0.6) is 5.75 Å². The molecule has 4 aromatic rings. The summed E-state index contributed by atoms with van der Waals surface area (Å²) in [6, 6.07) is 21.7. The normalized spacial score (nSPS) is 11.6. The molecule has 4 rings (SSSR count). The zero-order valence-electron chi connectivity index (χ0n) is 22.3. The van der Waals surface area contributed by atoms with Gasteiger partial charge in [-0.25, -0.2) is 4.79 Å². The predicted octanol–water partition coefficient (Wildman–Crippen LogP) is 7.08. The van der Waals surface area contributed by atoms with Crippen LogP contribution in [0.4, 0.5) is 5.69 Å². The van der Waals surface area contributed by atoms with Gasteiger partial charge in [-0.05, 0) is 79.3 Å². The van der Waals surface area contributed by atoms with E-state index in [1.165, 1.54) is 12.5 Å². The molecular formula is C31H34N2O4. The summed E-state index contributed by atoms with van der Waals surface area (Å²) in [7, 11) is 0. The molecule has 0 bridgehead atoms. The molecule has 37 heavy (non-hydrogen) atoms. The number of ketones is 1. The number of hydrogen-bond acceptors (Lipinski definition) is 4. The van der Waals surface area contributed by atoms with Gasteiger partial charge in [-0.3, -0.25) is 4.79 Å². The number of carboxylic acids is 1. The molecule has 6 heteroatoms. The highest BCUT2D eigenvalue weighted by atomic mass is 16.5. The molecule has 0 saturated carbocycles. The summed E-state index contributed by atoms with van der Waals surface area (Å²) in [6.45, 7) is 12.0. The van der Waals surface area contributed by atoms with Gasteiger partial charge < -0.3 is 19.7 Å². The van der Waals surface area contributed by atoms with Crippen LogP contribution in [0.3, 0.4) is 0 Å². The molecule has 0 atom stereocenters. The fraction of sp³-hybridized carbons (Fsp3) is 0.290.